The number of thioether (sulfide) groups is 1. The lowest BCUT2D eigenvalue weighted by atomic mass is 10.1. The van der Waals surface area contributed by atoms with Crippen LogP contribution < -0.4 is 15.0 Å². The molecule has 28 heavy (non-hydrogen) atoms. The number of carbonyl (C=O) groups excluding carboxylic acids is 3. The molecule has 1 unspecified atom stereocenters. The van der Waals surface area contributed by atoms with Gasteiger partial charge in [0.05, 0.1) is 24.0 Å². The summed E-state index contributed by atoms with van der Waals surface area (Å²) in [6.45, 7) is 0. The fourth-order valence-electron chi connectivity index (χ4n) is 2.77. The average molecular weight is 400 g/mol. The number of nitrogens with one attached hydrogen (secondary N) is 1. The lowest BCUT2D eigenvalue weighted by Crippen LogP contribution is -2.33. The van der Waals surface area contributed by atoms with E-state index in [1.54, 1.807) is 36.4 Å². The molecule has 0 aliphatic carbocycles. The smallest absolute Gasteiger partial charge is 0.337 e. The predicted octanol–water partition coefficient (Wildman–Crippen LogP) is 2.99. The molecule has 1 heterocycles. The Balaban J connectivity index is 1.74. The molecule has 1 atom stereocenters. The van der Waals surface area contributed by atoms with Crippen LogP contribution in [0.25, 0.3) is 0 Å². The molecule has 0 aromatic heterocycles. The van der Waals surface area contributed by atoms with Gasteiger partial charge in [-0.2, -0.15) is 0 Å². The molecule has 3 amide bonds. The Hall–Kier alpha value is -3.33. The minimum atomic E-state index is -1.18. The third kappa shape index (κ3) is 3.84. The van der Waals surface area contributed by atoms with E-state index in [4.69, 9.17) is 4.74 Å². The van der Waals surface area contributed by atoms with Crippen molar-refractivity contribution in [2.45, 2.75) is 11.7 Å². The Bertz CT molecular complexity index is 961. The number of methoxy groups -OCH3 is 1. The summed E-state index contributed by atoms with van der Waals surface area (Å²) in [5, 5.41) is 10.3. The Morgan fingerprint density at radius 2 is 1.82 bits per heavy atom. The fourth-order valence-corrected chi connectivity index (χ4v) is 3.75. The number of ether oxygens (including phenoxy) is 1. The number of carboxylic acid groups (broad SMARTS) is 1. The molecule has 1 aliphatic heterocycles. The molecule has 2 aromatic rings. The highest BCUT2D eigenvalue weighted by Gasteiger charge is 2.42. The fraction of sp³-hybridized carbons (Fsp3) is 0.158. The number of amides is 3. The van der Waals surface area contributed by atoms with Crippen LogP contribution in [0.3, 0.4) is 0 Å². The van der Waals surface area contributed by atoms with Gasteiger partial charge in [0.15, 0.2) is 0 Å². The molecule has 0 spiro atoms. The first-order chi connectivity index (χ1) is 13.4. The van der Waals surface area contributed by atoms with E-state index in [1.165, 1.54) is 19.2 Å². The topological polar surface area (TPSA) is 113 Å². The maximum Gasteiger partial charge on any atom is 0.337 e. The van der Waals surface area contributed by atoms with Gasteiger partial charge in [0, 0.05) is 6.42 Å². The van der Waals surface area contributed by atoms with Crippen molar-refractivity contribution in [3.63, 3.8) is 0 Å². The molecule has 0 radical (unpaired) electrons. The second-order valence-electron chi connectivity index (χ2n) is 5.82. The van der Waals surface area contributed by atoms with Crippen molar-refractivity contribution in [3.8, 4) is 5.75 Å². The monoisotopic (exact) mass is 400 g/mol. The zero-order valence-electron chi connectivity index (χ0n) is 14.7. The van der Waals surface area contributed by atoms with Gasteiger partial charge in [-0.25, -0.2) is 9.69 Å². The zero-order chi connectivity index (χ0) is 20.3. The normalized spacial score (nSPS) is 16.2. The molecule has 2 aromatic carbocycles. The Morgan fingerprint density at radius 3 is 2.54 bits per heavy atom. The van der Waals surface area contributed by atoms with E-state index in [9.17, 15) is 24.3 Å². The van der Waals surface area contributed by atoms with Crippen molar-refractivity contribution in [1.29, 1.82) is 0 Å². The quantitative estimate of drug-likeness (QED) is 0.766. The number of hydrogen-bond donors (Lipinski definition) is 2. The van der Waals surface area contributed by atoms with E-state index in [0.717, 1.165) is 16.7 Å². The molecule has 9 heteroatoms. The summed E-state index contributed by atoms with van der Waals surface area (Å²) in [5.74, 6) is -1.90. The molecule has 1 fully saturated rings. The number of imide groups is 1. The zero-order valence-corrected chi connectivity index (χ0v) is 15.6. The lowest BCUT2D eigenvalue weighted by Gasteiger charge is -2.17. The minimum absolute atomic E-state index is 0.0621. The van der Waals surface area contributed by atoms with E-state index in [2.05, 4.69) is 5.32 Å². The standard InChI is InChI=1S/C19H16N2O6S/c1-27-14-9-5-4-8-13(14)21-17(23)15(28-19(21)26)10-16(22)20-12-7-3-2-6-11(12)18(24)25/h2-9,15H,10H2,1H3,(H,20,22)(H,24,25). The molecule has 0 saturated carbocycles. The van der Waals surface area contributed by atoms with Crippen molar-refractivity contribution in [1.82, 2.24) is 0 Å². The van der Waals surface area contributed by atoms with Crippen molar-refractivity contribution >= 4 is 46.2 Å². The first kappa shape index (κ1) is 19.4. The third-order valence-corrected chi connectivity index (χ3v) is 5.09. The van der Waals surface area contributed by atoms with Crippen molar-refractivity contribution < 1.29 is 29.0 Å². The van der Waals surface area contributed by atoms with E-state index in [1.807, 2.05) is 0 Å². The summed E-state index contributed by atoms with van der Waals surface area (Å²) in [5.41, 5.74) is 0.378. The van der Waals surface area contributed by atoms with Crippen molar-refractivity contribution in [3.05, 3.63) is 54.1 Å². The Labute approximate surface area is 164 Å². The molecular weight excluding hydrogens is 384 g/mol. The van der Waals surface area contributed by atoms with E-state index >= 15 is 0 Å². The van der Waals surface area contributed by atoms with Crippen LogP contribution >= 0.6 is 11.8 Å². The van der Waals surface area contributed by atoms with Gasteiger partial charge in [-0.05, 0) is 36.0 Å². The van der Waals surface area contributed by atoms with Crippen LogP contribution in [0, 0.1) is 0 Å². The van der Waals surface area contributed by atoms with Crippen LogP contribution in [0.15, 0.2) is 48.5 Å². The maximum absolute atomic E-state index is 12.7. The molecule has 144 valence electrons. The van der Waals surface area contributed by atoms with Gasteiger partial charge in [0.2, 0.25) is 11.8 Å². The number of hydrogen-bond acceptors (Lipinski definition) is 6. The lowest BCUT2D eigenvalue weighted by molar-refractivity contribution is -0.121. The summed E-state index contributed by atoms with van der Waals surface area (Å²) in [7, 11) is 1.43. The average Bonchev–Trinajstić information content (AvgIpc) is 2.95. The molecule has 3 rings (SSSR count). The molecule has 0 bridgehead atoms. The molecule has 1 aliphatic rings. The minimum Gasteiger partial charge on any atom is -0.495 e. The highest BCUT2D eigenvalue weighted by Crippen LogP contribution is 2.38. The van der Waals surface area contributed by atoms with Gasteiger partial charge >= 0.3 is 5.97 Å². The van der Waals surface area contributed by atoms with E-state index < -0.39 is 28.3 Å². The maximum atomic E-state index is 12.7. The second-order valence-corrected chi connectivity index (χ2v) is 6.97. The van der Waals surface area contributed by atoms with Gasteiger partial charge in [-0.3, -0.25) is 14.4 Å². The largest absolute Gasteiger partial charge is 0.495 e. The predicted molar refractivity (Wildman–Crippen MR) is 104 cm³/mol. The first-order valence-electron chi connectivity index (χ1n) is 8.22. The number of benzene rings is 2. The van der Waals surface area contributed by atoms with E-state index in [-0.39, 0.29) is 17.7 Å². The summed E-state index contributed by atoms with van der Waals surface area (Å²) in [6, 6.07) is 12.5. The number of rotatable bonds is 6. The summed E-state index contributed by atoms with van der Waals surface area (Å²) < 4.78 is 5.20. The first-order valence-corrected chi connectivity index (χ1v) is 9.10. The number of para-hydroxylation sites is 3. The van der Waals surface area contributed by atoms with Crippen molar-refractivity contribution in [2.75, 3.05) is 17.3 Å². The van der Waals surface area contributed by atoms with Crippen LogP contribution in [-0.2, 0) is 9.59 Å². The molecule has 2 N–H and O–H groups in total. The van der Waals surface area contributed by atoms with Crippen LogP contribution in [0.2, 0.25) is 0 Å². The molecule has 8 nitrogen and oxygen atoms in total. The van der Waals surface area contributed by atoms with Gasteiger partial charge in [-0.15, -0.1) is 0 Å². The van der Waals surface area contributed by atoms with Crippen LogP contribution in [-0.4, -0.2) is 40.5 Å². The molecular formula is C19H16N2O6S. The van der Waals surface area contributed by atoms with Gasteiger partial charge in [-0.1, -0.05) is 24.3 Å². The number of carboxylic acids is 1. The highest BCUT2D eigenvalue weighted by molar-refractivity contribution is 8.15. The van der Waals surface area contributed by atoms with Crippen LogP contribution in [0.1, 0.15) is 16.8 Å². The Kier molecular flexibility index (Phi) is 5.65. The number of carbonyl (C=O) groups is 4. The SMILES string of the molecule is COc1ccccc1N1C(=O)SC(CC(=O)Nc2ccccc2C(=O)O)C1=O. The Morgan fingerprint density at radius 1 is 1.14 bits per heavy atom. The number of anilines is 2. The second kappa shape index (κ2) is 8.13. The summed E-state index contributed by atoms with van der Waals surface area (Å²) >= 11 is 0.750. The number of aromatic carboxylic acids is 1. The van der Waals surface area contributed by atoms with Gasteiger partial charge in [0.25, 0.3) is 5.24 Å². The van der Waals surface area contributed by atoms with Crippen LogP contribution in [0.4, 0.5) is 16.2 Å². The van der Waals surface area contributed by atoms with E-state index in [0.29, 0.717) is 11.4 Å². The third-order valence-electron chi connectivity index (χ3n) is 4.05. The summed E-state index contributed by atoms with van der Waals surface area (Å²) in [6.07, 6.45) is -0.269. The number of nitrogens with zero attached hydrogens (tertiary/aromatic N) is 1. The van der Waals surface area contributed by atoms with Crippen LogP contribution in [0.5, 0.6) is 5.75 Å². The van der Waals surface area contributed by atoms with Crippen molar-refractivity contribution in [2.24, 2.45) is 0 Å². The van der Waals surface area contributed by atoms with Gasteiger partial charge in [0.1, 0.15) is 11.0 Å². The molecule has 1 saturated heterocycles. The summed E-state index contributed by atoms with van der Waals surface area (Å²) in [4.78, 5) is 49.6. The highest BCUT2D eigenvalue weighted by atomic mass is 32.2. The van der Waals surface area contributed by atoms with Gasteiger partial charge < -0.3 is 15.2 Å².